The zero-order chi connectivity index (χ0) is 22.0. The van der Waals surface area contributed by atoms with Gasteiger partial charge in [-0.3, -0.25) is 9.30 Å². The molecule has 0 radical (unpaired) electrons. The summed E-state index contributed by atoms with van der Waals surface area (Å²) in [7, 11) is 0. The van der Waals surface area contributed by atoms with Crippen molar-refractivity contribution in [2.45, 2.75) is 19.4 Å². The van der Waals surface area contributed by atoms with Crippen LogP contribution in [-0.2, 0) is 6.54 Å². The van der Waals surface area contributed by atoms with Gasteiger partial charge in [0.1, 0.15) is 23.6 Å². The highest BCUT2D eigenvalue weighted by atomic mass is 19.1. The van der Waals surface area contributed by atoms with Crippen LogP contribution in [0.15, 0.2) is 36.8 Å². The second-order valence-corrected chi connectivity index (χ2v) is 7.77. The van der Waals surface area contributed by atoms with Crippen LogP contribution in [0, 0.1) is 12.7 Å². The summed E-state index contributed by atoms with van der Waals surface area (Å²) in [5.41, 5.74) is 2.69. The van der Waals surface area contributed by atoms with Crippen LogP contribution < -0.4 is 14.4 Å². The zero-order valence-electron chi connectivity index (χ0n) is 16.9. The molecule has 2 aliphatic rings. The number of aromatic nitrogens is 5. The highest BCUT2D eigenvalue weighted by molar-refractivity contribution is 5.88. The molecular weight excluding hydrogens is 419 g/mol. The summed E-state index contributed by atoms with van der Waals surface area (Å²) in [4.78, 5) is 13.4. The maximum absolute atomic E-state index is 14.9. The van der Waals surface area contributed by atoms with E-state index in [0.717, 1.165) is 10.6 Å². The largest absolute Gasteiger partial charge is 0.493 e. The van der Waals surface area contributed by atoms with Gasteiger partial charge in [-0.1, -0.05) is 0 Å². The van der Waals surface area contributed by atoms with Crippen molar-refractivity contribution in [3.63, 3.8) is 0 Å². The second-order valence-electron chi connectivity index (χ2n) is 7.77. The van der Waals surface area contributed by atoms with E-state index in [1.54, 1.807) is 23.0 Å². The van der Waals surface area contributed by atoms with Crippen LogP contribution in [0.3, 0.4) is 0 Å². The van der Waals surface area contributed by atoms with Crippen LogP contribution in [0.25, 0.3) is 11.3 Å². The minimum absolute atomic E-state index is 0.190. The number of halogens is 1. The molecule has 0 fully saturated rings. The summed E-state index contributed by atoms with van der Waals surface area (Å²) in [5, 5.41) is 22.7. The number of anilines is 1. The molecule has 32 heavy (non-hydrogen) atoms. The first-order valence-corrected chi connectivity index (χ1v) is 9.98. The van der Waals surface area contributed by atoms with Crippen molar-refractivity contribution in [2.24, 2.45) is 0 Å². The van der Waals surface area contributed by atoms with E-state index in [4.69, 9.17) is 9.47 Å². The minimum Gasteiger partial charge on any atom is -0.493 e. The topological polar surface area (TPSA) is 107 Å². The maximum atomic E-state index is 14.9. The summed E-state index contributed by atoms with van der Waals surface area (Å²) < 4.78 is 29.9. The van der Waals surface area contributed by atoms with Crippen LogP contribution in [0.1, 0.15) is 22.7 Å². The summed E-state index contributed by atoms with van der Waals surface area (Å²) in [6.45, 7) is 2.17. The molecule has 0 spiro atoms. The standard InChI is InChI=1S/C21H17FN6O4/c1-11-4-5-28(25-11)15-6-17-20(27-10-23-24-19(15)27)26(21(29)30)7-13-14(22)2-3-16-18(13)12(8-31-16)9-32-17/h2-6,10,12H,7-9H2,1H3,(H,29,30)/t12-/m0/s1. The molecule has 1 aromatic carbocycles. The van der Waals surface area contributed by atoms with E-state index in [9.17, 15) is 14.3 Å². The van der Waals surface area contributed by atoms with Crippen LogP contribution >= 0.6 is 0 Å². The fraction of sp³-hybridized carbons (Fsp3) is 0.238. The van der Waals surface area contributed by atoms with Gasteiger partial charge in [-0.05, 0) is 25.1 Å². The summed E-state index contributed by atoms with van der Waals surface area (Å²) in [5.74, 6) is 0.322. The van der Waals surface area contributed by atoms with Gasteiger partial charge in [0.15, 0.2) is 17.2 Å². The molecule has 0 saturated heterocycles. The monoisotopic (exact) mass is 436 g/mol. The van der Waals surface area contributed by atoms with Crippen LogP contribution in [-0.4, -0.2) is 48.8 Å². The van der Waals surface area contributed by atoms with Crippen molar-refractivity contribution in [3.05, 3.63) is 59.4 Å². The summed E-state index contributed by atoms with van der Waals surface area (Å²) >= 11 is 0. The highest BCUT2D eigenvalue weighted by Gasteiger charge is 2.35. The van der Waals surface area contributed by atoms with Crippen molar-refractivity contribution in [1.29, 1.82) is 0 Å². The molecule has 0 saturated carbocycles. The number of carboxylic acid groups (broad SMARTS) is 1. The first-order chi connectivity index (χ1) is 15.5. The molecule has 0 bridgehead atoms. The van der Waals surface area contributed by atoms with Gasteiger partial charge in [-0.15, -0.1) is 10.2 Å². The lowest BCUT2D eigenvalue weighted by Gasteiger charge is -2.23. The Kier molecular flexibility index (Phi) is 3.88. The van der Waals surface area contributed by atoms with E-state index in [2.05, 4.69) is 15.3 Å². The fourth-order valence-corrected chi connectivity index (χ4v) is 4.36. The van der Waals surface area contributed by atoms with Gasteiger partial charge in [-0.2, -0.15) is 5.10 Å². The summed E-state index contributed by atoms with van der Waals surface area (Å²) in [6.07, 6.45) is 1.92. The van der Waals surface area contributed by atoms with E-state index in [-0.39, 0.29) is 30.5 Å². The number of hydrogen-bond acceptors (Lipinski definition) is 6. The lowest BCUT2D eigenvalue weighted by Crippen LogP contribution is -2.31. The molecule has 2 aliphatic heterocycles. The number of amides is 1. The Morgan fingerprint density at radius 2 is 2.03 bits per heavy atom. The number of hydrogen-bond donors (Lipinski definition) is 1. The lowest BCUT2D eigenvalue weighted by molar-refractivity contribution is 0.200. The Labute approximate surface area is 180 Å². The first-order valence-electron chi connectivity index (χ1n) is 9.98. The van der Waals surface area contributed by atoms with Crippen molar-refractivity contribution in [1.82, 2.24) is 24.4 Å². The number of carbonyl (C=O) groups is 1. The molecule has 10 nitrogen and oxygen atoms in total. The van der Waals surface area contributed by atoms with Crippen molar-refractivity contribution in [3.8, 4) is 17.2 Å². The number of rotatable bonds is 1. The number of aryl methyl sites for hydroxylation is 1. The Hall–Kier alpha value is -4.15. The van der Waals surface area contributed by atoms with Crippen molar-refractivity contribution < 1.29 is 23.8 Å². The molecule has 0 aliphatic carbocycles. The molecule has 4 aromatic rings. The van der Waals surface area contributed by atoms with Gasteiger partial charge >= 0.3 is 6.09 Å². The quantitative estimate of drug-likeness (QED) is 0.489. The minimum atomic E-state index is -1.26. The Morgan fingerprint density at radius 1 is 1.22 bits per heavy atom. The number of nitrogens with zero attached hydrogens (tertiary/aromatic N) is 6. The molecule has 6 rings (SSSR count). The predicted molar refractivity (Wildman–Crippen MR) is 109 cm³/mol. The van der Waals surface area contributed by atoms with Crippen molar-refractivity contribution in [2.75, 3.05) is 18.1 Å². The molecular formula is C21H17FN6O4. The molecule has 1 N–H and O–H groups in total. The lowest BCUT2D eigenvalue weighted by atomic mass is 9.95. The molecule has 0 unspecified atom stereocenters. The van der Waals surface area contributed by atoms with Crippen LogP contribution in [0.4, 0.5) is 15.0 Å². The molecule has 3 aromatic heterocycles. The smallest absolute Gasteiger partial charge is 0.413 e. The van der Waals surface area contributed by atoms with E-state index in [0.29, 0.717) is 35.0 Å². The molecule has 5 heterocycles. The average Bonchev–Trinajstić information content (AvgIpc) is 3.50. The molecule has 1 atom stereocenters. The molecule has 1 amide bonds. The van der Waals surface area contributed by atoms with Crippen molar-refractivity contribution >= 4 is 17.6 Å². The second kappa shape index (κ2) is 6.67. The van der Waals surface area contributed by atoms with Gasteiger partial charge in [0, 0.05) is 23.4 Å². The van der Waals surface area contributed by atoms with Gasteiger partial charge in [0.2, 0.25) is 0 Å². The summed E-state index contributed by atoms with van der Waals surface area (Å²) in [6, 6.07) is 6.40. The Morgan fingerprint density at radius 3 is 2.78 bits per heavy atom. The Balaban J connectivity index is 1.61. The zero-order valence-corrected chi connectivity index (χ0v) is 16.9. The number of ether oxygens (including phenoxy) is 2. The normalized spacial score (nSPS) is 17.1. The SMILES string of the molecule is Cc1ccn(-c2cc3c(n4cnnc24)N(C(=O)O)Cc2c(F)ccc4c2[C@@H](CO4)CO3)n1. The fourth-order valence-electron chi connectivity index (χ4n) is 4.36. The van der Waals surface area contributed by atoms with Crippen LogP contribution in [0.5, 0.6) is 11.5 Å². The van der Waals surface area contributed by atoms with Crippen LogP contribution in [0.2, 0.25) is 0 Å². The molecule has 11 heteroatoms. The van der Waals surface area contributed by atoms with E-state index in [1.807, 2.05) is 13.0 Å². The van der Waals surface area contributed by atoms with Gasteiger partial charge in [0.25, 0.3) is 0 Å². The van der Waals surface area contributed by atoms with Gasteiger partial charge in [-0.25, -0.2) is 13.9 Å². The van der Waals surface area contributed by atoms with E-state index < -0.39 is 11.9 Å². The predicted octanol–water partition coefficient (Wildman–Crippen LogP) is 2.92. The Bertz CT molecular complexity index is 1400. The van der Waals surface area contributed by atoms with Gasteiger partial charge in [0.05, 0.1) is 31.4 Å². The average molecular weight is 436 g/mol. The van der Waals surface area contributed by atoms with E-state index in [1.165, 1.54) is 16.8 Å². The number of pyridine rings is 1. The third kappa shape index (κ3) is 2.63. The third-order valence-corrected chi connectivity index (χ3v) is 5.81. The van der Waals surface area contributed by atoms with E-state index >= 15 is 0 Å². The molecule has 162 valence electrons. The maximum Gasteiger partial charge on any atom is 0.413 e. The first kappa shape index (κ1) is 18.6. The highest BCUT2D eigenvalue weighted by Crippen LogP contribution is 2.42. The number of fused-ring (bicyclic) bond motifs is 3. The number of benzene rings is 1. The van der Waals surface area contributed by atoms with Gasteiger partial charge < -0.3 is 14.6 Å². The third-order valence-electron chi connectivity index (χ3n) is 5.81.